The van der Waals surface area contributed by atoms with Crippen molar-refractivity contribution in [2.24, 2.45) is 0 Å². The van der Waals surface area contributed by atoms with E-state index >= 15 is 0 Å². The van der Waals surface area contributed by atoms with E-state index in [1.165, 1.54) is 6.07 Å². The van der Waals surface area contributed by atoms with Crippen LogP contribution in [0, 0.1) is 0 Å². The third-order valence-corrected chi connectivity index (χ3v) is 14.6. The second-order valence-electron chi connectivity index (χ2n) is 14.9. The summed E-state index contributed by atoms with van der Waals surface area (Å²) in [5, 5.41) is 26.6. The van der Waals surface area contributed by atoms with Gasteiger partial charge in [-0.1, -0.05) is 87.5 Å². The number of H-pyrrole nitrogens is 1. The highest BCUT2D eigenvalue weighted by Crippen LogP contribution is 2.41. The number of amides is 1. The van der Waals surface area contributed by atoms with E-state index < -0.39 is 20.2 Å². The third-order valence-electron chi connectivity index (χ3n) is 10.1. The minimum absolute atomic E-state index is 0.00110. The zero-order valence-corrected chi connectivity index (χ0v) is 32.1. The summed E-state index contributed by atoms with van der Waals surface area (Å²) in [6, 6.07) is 27.5. The molecule has 0 fully saturated rings. The number of nitrogens with zero attached hydrogens (tertiary/aromatic N) is 1. The van der Waals surface area contributed by atoms with Crippen LogP contribution in [0.1, 0.15) is 50.0 Å². The fraction of sp³-hybridized carbons (Fsp3) is 0.262. The standard InChI is InChI=1S/C42H46N4O7Si/c1-42(2,3)54(4,5)53-37(31-17-20-35(47)39-32(31)18-21-38(48)45-39)26-43-25-28-15-19-34-36(24-28)52-41(51)46(34)22-10-9-11-27-14-16-30(29-12-7-6-8-13-29)33(23-27)44-40(49)50/h6-9,11-21,23-24,37,43-44,47H,10,22,25-26H2,1-5H3,(H,45,48)(H,49,50)/t37-/m0/s1. The molecule has 54 heavy (non-hydrogen) atoms. The molecule has 2 aromatic heterocycles. The van der Waals surface area contributed by atoms with Gasteiger partial charge in [-0.05, 0) is 77.1 Å². The summed E-state index contributed by atoms with van der Waals surface area (Å²) in [5.41, 5.74) is 6.07. The van der Waals surface area contributed by atoms with Gasteiger partial charge in [-0.25, -0.2) is 9.59 Å². The topological polar surface area (TPSA) is 159 Å². The molecule has 0 saturated carbocycles. The van der Waals surface area contributed by atoms with Gasteiger partial charge < -0.3 is 29.4 Å². The van der Waals surface area contributed by atoms with Crippen molar-refractivity contribution in [1.29, 1.82) is 0 Å². The molecule has 0 unspecified atom stereocenters. The number of aromatic hydroxyl groups is 1. The molecule has 280 valence electrons. The van der Waals surface area contributed by atoms with Crippen molar-refractivity contribution in [3.05, 3.63) is 135 Å². The van der Waals surface area contributed by atoms with Gasteiger partial charge in [0.25, 0.3) is 0 Å². The van der Waals surface area contributed by atoms with Crippen LogP contribution in [-0.2, 0) is 17.5 Å². The lowest BCUT2D eigenvalue weighted by Gasteiger charge is -2.39. The molecular weight excluding hydrogens is 701 g/mol. The fourth-order valence-corrected chi connectivity index (χ4v) is 7.52. The van der Waals surface area contributed by atoms with Crippen molar-refractivity contribution in [2.75, 3.05) is 11.9 Å². The van der Waals surface area contributed by atoms with Crippen LogP contribution in [0.5, 0.6) is 5.75 Å². The maximum atomic E-state index is 12.9. The quantitative estimate of drug-likeness (QED) is 0.0734. The van der Waals surface area contributed by atoms with E-state index in [0.29, 0.717) is 48.4 Å². The van der Waals surface area contributed by atoms with Crippen molar-refractivity contribution in [2.45, 2.75) is 64.5 Å². The molecule has 0 aliphatic heterocycles. The summed E-state index contributed by atoms with van der Waals surface area (Å²) in [7, 11) is -2.24. The second kappa shape index (κ2) is 15.7. The Morgan fingerprint density at radius 1 is 1.00 bits per heavy atom. The molecule has 0 spiro atoms. The molecule has 2 heterocycles. The zero-order valence-electron chi connectivity index (χ0n) is 31.1. The monoisotopic (exact) mass is 746 g/mol. The van der Waals surface area contributed by atoms with Crippen molar-refractivity contribution < 1.29 is 23.9 Å². The van der Waals surface area contributed by atoms with E-state index in [-0.39, 0.29) is 22.5 Å². The number of benzene rings is 4. The lowest BCUT2D eigenvalue weighted by Crippen LogP contribution is -2.43. The number of hydrogen-bond donors (Lipinski definition) is 5. The molecule has 0 radical (unpaired) electrons. The van der Waals surface area contributed by atoms with E-state index in [0.717, 1.165) is 33.2 Å². The van der Waals surface area contributed by atoms with Gasteiger partial charge >= 0.3 is 11.8 Å². The van der Waals surface area contributed by atoms with E-state index in [1.807, 2.05) is 78.9 Å². The number of fused-ring (bicyclic) bond motifs is 2. The average molecular weight is 747 g/mol. The summed E-state index contributed by atoms with van der Waals surface area (Å²) >= 11 is 0. The first-order chi connectivity index (χ1) is 25.7. The number of oxazole rings is 1. The first kappa shape index (κ1) is 38.0. The highest BCUT2D eigenvalue weighted by atomic mass is 28.4. The Bertz CT molecular complexity index is 2440. The SMILES string of the molecule is CC(C)(C)[Si](C)(C)O[C@@H](CNCc1ccc2c(c1)oc(=O)n2CCC=Cc1ccc(-c2ccccc2)c(NC(=O)O)c1)c1ccc(O)c2[nH]c(=O)ccc12. The van der Waals surface area contributed by atoms with Gasteiger partial charge in [0.05, 0.1) is 22.8 Å². The van der Waals surface area contributed by atoms with Crippen LogP contribution in [0.3, 0.4) is 0 Å². The molecule has 6 aromatic rings. The number of rotatable bonds is 13. The van der Waals surface area contributed by atoms with Crippen molar-refractivity contribution in [3.63, 3.8) is 0 Å². The predicted octanol–water partition coefficient (Wildman–Crippen LogP) is 8.85. The number of aromatic nitrogens is 2. The summed E-state index contributed by atoms with van der Waals surface area (Å²) < 4.78 is 14.2. The maximum absolute atomic E-state index is 12.9. The van der Waals surface area contributed by atoms with E-state index in [4.69, 9.17) is 8.84 Å². The largest absolute Gasteiger partial charge is 0.506 e. The van der Waals surface area contributed by atoms with Gasteiger partial charge in [-0.15, -0.1) is 0 Å². The molecule has 4 aromatic carbocycles. The van der Waals surface area contributed by atoms with E-state index in [1.54, 1.807) is 22.8 Å². The first-order valence-electron chi connectivity index (χ1n) is 17.9. The Balaban J connectivity index is 1.14. The van der Waals surface area contributed by atoms with Crippen LogP contribution < -0.4 is 21.9 Å². The van der Waals surface area contributed by atoms with Crippen molar-refractivity contribution in [3.8, 4) is 16.9 Å². The highest BCUT2D eigenvalue weighted by molar-refractivity contribution is 6.74. The summed E-state index contributed by atoms with van der Waals surface area (Å²) in [6.45, 7) is 12.3. The lowest BCUT2D eigenvalue weighted by atomic mass is 10.0. The number of aryl methyl sites for hydroxylation is 1. The predicted molar refractivity (Wildman–Crippen MR) is 217 cm³/mol. The minimum atomic E-state index is -2.24. The molecular formula is C42H46N4O7Si. The van der Waals surface area contributed by atoms with Crippen LogP contribution >= 0.6 is 0 Å². The van der Waals surface area contributed by atoms with Gasteiger partial charge in [0, 0.05) is 36.7 Å². The third kappa shape index (κ3) is 8.57. The number of phenolic OH excluding ortho intramolecular Hbond substituents is 1. The molecule has 0 saturated heterocycles. The Kier molecular flexibility index (Phi) is 11.1. The molecule has 1 amide bonds. The molecule has 12 heteroatoms. The minimum Gasteiger partial charge on any atom is -0.506 e. The summed E-state index contributed by atoms with van der Waals surface area (Å²) in [5.74, 6) is -0.440. The number of phenols is 1. The van der Waals surface area contributed by atoms with Gasteiger partial charge in [-0.2, -0.15) is 0 Å². The number of aromatic amines is 1. The number of pyridine rings is 1. The molecule has 5 N–H and O–H groups in total. The molecule has 11 nitrogen and oxygen atoms in total. The number of allylic oxidation sites excluding steroid dienone is 1. The van der Waals surface area contributed by atoms with Gasteiger partial charge in [0.15, 0.2) is 13.9 Å². The van der Waals surface area contributed by atoms with E-state index in [9.17, 15) is 24.6 Å². The van der Waals surface area contributed by atoms with Crippen LogP contribution in [0.15, 0.2) is 111 Å². The van der Waals surface area contributed by atoms with Crippen LogP contribution in [0.4, 0.5) is 10.5 Å². The number of nitrogens with one attached hydrogen (secondary N) is 3. The van der Waals surface area contributed by atoms with Crippen LogP contribution in [-0.4, -0.2) is 40.7 Å². The van der Waals surface area contributed by atoms with Crippen LogP contribution in [0.25, 0.3) is 39.2 Å². The summed E-state index contributed by atoms with van der Waals surface area (Å²) in [6.07, 6.45) is 2.90. The molecule has 6 rings (SSSR count). The summed E-state index contributed by atoms with van der Waals surface area (Å²) in [4.78, 5) is 39.2. The molecule has 0 aliphatic carbocycles. The first-order valence-corrected chi connectivity index (χ1v) is 20.8. The second-order valence-corrected chi connectivity index (χ2v) is 19.7. The highest BCUT2D eigenvalue weighted by Gasteiger charge is 2.39. The Morgan fingerprint density at radius 2 is 1.78 bits per heavy atom. The number of carboxylic acid groups (broad SMARTS) is 1. The van der Waals surface area contributed by atoms with Gasteiger partial charge in [0.1, 0.15) is 5.75 Å². The Labute approximate surface area is 314 Å². The average Bonchev–Trinajstić information content (AvgIpc) is 3.43. The maximum Gasteiger partial charge on any atom is 0.419 e. The number of anilines is 1. The molecule has 1 atom stereocenters. The lowest BCUT2D eigenvalue weighted by molar-refractivity contribution is 0.181. The van der Waals surface area contributed by atoms with Crippen LogP contribution in [0.2, 0.25) is 18.1 Å². The Hall–Kier alpha value is -5.69. The van der Waals surface area contributed by atoms with Crippen molar-refractivity contribution in [1.82, 2.24) is 14.9 Å². The smallest absolute Gasteiger partial charge is 0.419 e. The normalized spacial score (nSPS) is 12.8. The molecule has 0 bridgehead atoms. The van der Waals surface area contributed by atoms with E-state index in [2.05, 4.69) is 49.5 Å². The number of carbonyl (C=O) groups is 1. The van der Waals surface area contributed by atoms with Gasteiger partial charge in [0.2, 0.25) is 5.56 Å². The number of hydrogen-bond acceptors (Lipinski definition) is 7. The van der Waals surface area contributed by atoms with Crippen molar-refractivity contribution >= 4 is 48.2 Å². The zero-order chi connectivity index (χ0) is 38.6. The Morgan fingerprint density at radius 3 is 2.52 bits per heavy atom. The molecule has 0 aliphatic rings. The fourth-order valence-electron chi connectivity index (χ4n) is 6.24. The van der Waals surface area contributed by atoms with Gasteiger partial charge in [-0.3, -0.25) is 14.7 Å².